The minimum Gasteiger partial charge on any atom is -0.352 e. The molecule has 202 valence electrons. The maximum Gasteiger partial charge on any atom is 0.242 e. The van der Waals surface area contributed by atoms with Gasteiger partial charge in [-0.25, -0.2) is 12.8 Å². The number of nitrogens with zero attached hydrogens (tertiary/aromatic N) is 2. The van der Waals surface area contributed by atoms with E-state index in [0.717, 1.165) is 36.2 Å². The molecular weight excluding hydrogens is 540 g/mol. The number of benzene rings is 2. The lowest BCUT2D eigenvalue weighted by atomic mass is 10.1. The van der Waals surface area contributed by atoms with E-state index < -0.39 is 21.9 Å². The smallest absolute Gasteiger partial charge is 0.242 e. The van der Waals surface area contributed by atoms with Crippen LogP contribution in [0.3, 0.4) is 0 Å². The summed E-state index contributed by atoms with van der Waals surface area (Å²) in [5, 5.41) is 3.80. The lowest BCUT2D eigenvalue weighted by Crippen LogP contribution is -2.49. The Morgan fingerprint density at radius 1 is 1.08 bits per heavy atom. The Labute approximate surface area is 228 Å². The Kier molecular flexibility index (Phi) is 10.2. The van der Waals surface area contributed by atoms with Crippen LogP contribution in [0.15, 0.2) is 42.5 Å². The number of sulfonamides is 1. The minimum absolute atomic E-state index is 0.0134. The van der Waals surface area contributed by atoms with Crippen LogP contribution in [-0.2, 0) is 26.2 Å². The predicted octanol–water partition coefficient (Wildman–Crippen LogP) is 5.15. The minimum atomic E-state index is -3.67. The zero-order chi connectivity index (χ0) is 27.2. The van der Waals surface area contributed by atoms with Gasteiger partial charge in [0.2, 0.25) is 21.8 Å². The van der Waals surface area contributed by atoms with Gasteiger partial charge in [-0.15, -0.1) is 0 Å². The van der Waals surface area contributed by atoms with Crippen LogP contribution >= 0.6 is 23.2 Å². The predicted molar refractivity (Wildman–Crippen MR) is 145 cm³/mol. The number of halogens is 3. The van der Waals surface area contributed by atoms with E-state index in [-0.39, 0.29) is 43.8 Å². The van der Waals surface area contributed by atoms with Crippen LogP contribution in [0.2, 0.25) is 10.0 Å². The molecule has 0 radical (unpaired) electrons. The summed E-state index contributed by atoms with van der Waals surface area (Å²) in [7, 11) is -3.67. The third-order valence-electron chi connectivity index (χ3n) is 6.53. The quantitative estimate of drug-likeness (QED) is 0.404. The third-order valence-corrected chi connectivity index (χ3v) is 8.43. The highest BCUT2D eigenvalue weighted by molar-refractivity contribution is 7.92. The van der Waals surface area contributed by atoms with Crippen LogP contribution in [0.5, 0.6) is 0 Å². The van der Waals surface area contributed by atoms with Gasteiger partial charge in [0.1, 0.15) is 11.9 Å². The fraction of sp³-hybridized carbons (Fsp3) is 0.462. The van der Waals surface area contributed by atoms with E-state index in [9.17, 15) is 22.4 Å². The highest BCUT2D eigenvalue weighted by atomic mass is 35.5. The summed E-state index contributed by atoms with van der Waals surface area (Å²) in [6.45, 7) is 1.71. The Morgan fingerprint density at radius 3 is 2.24 bits per heavy atom. The van der Waals surface area contributed by atoms with Gasteiger partial charge in [0.25, 0.3) is 0 Å². The first-order valence-corrected chi connectivity index (χ1v) is 14.8. The third kappa shape index (κ3) is 8.06. The van der Waals surface area contributed by atoms with E-state index in [1.54, 1.807) is 25.1 Å². The van der Waals surface area contributed by atoms with Crippen molar-refractivity contribution in [3.63, 3.8) is 0 Å². The molecule has 37 heavy (non-hydrogen) atoms. The largest absolute Gasteiger partial charge is 0.352 e. The molecule has 2 aromatic carbocycles. The van der Waals surface area contributed by atoms with Crippen molar-refractivity contribution < 1.29 is 22.4 Å². The van der Waals surface area contributed by atoms with Crippen LogP contribution in [0.4, 0.5) is 10.1 Å². The van der Waals surface area contributed by atoms with Crippen LogP contribution in [-0.4, -0.2) is 50.0 Å². The van der Waals surface area contributed by atoms with Gasteiger partial charge in [0.15, 0.2) is 0 Å². The average Bonchev–Trinajstić information content (AvgIpc) is 3.34. The molecule has 7 nitrogen and oxygen atoms in total. The molecule has 1 N–H and O–H groups in total. The van der Waals surface area contributed by atoms with Gasteiger partial charge in [-0.05, 0) is 62.6 Å². The Bertz CT molecular complexity index is 1180. The van der Waals surface area contributed by atoms with Crippen molar-refractivity contribution in [3.8, 4) is 0 Å². The van der Waals surface area contributed by atoms with E-state index in [2.05, 4.69) is 5.32 Å². The van der Waals surface area contributed by atoms with Gasteiger partial charge in [-0.3, -0.25) is 13.9 Å². The fourth-order valence-corrected chi connectivity index (χ4v) is 5.92. The van der Waals surface area contributed by atoms with Gasteiger partial charge in [0, 0.05) is 41.2 Å². The van der Waals surface area contributed by atoms with Crippen LogP contribution in [0, 0.1) is 5.82 Å². The Morgan fingerprint density at radius 2 is 1.68 bits per heavy atom. The number of rotatable bonds is 11. The monoisotopic (exact) mass is 571 g/mol. The highest BCUT2D eigenvalue weighted by Gasteiger charge is 2.29. The summed E-state index contributed by atoms with van der Waals surface area (Å²) < 4.78 is 39.2. The van der Waals surface area contributed by atoms with E-state index in [1.807, 2.05) is 0 Å². The van der Waals surface area contributed by atoms with Crippen molar-refractivity contribution in [1.82, 2.24) is 10.2 Å². The summed E-state index contributed by atoms with van der Waals surface area (Å²) in [6.07, 6.45) is 5.16. The molecule has 1 aliphatic carbocycles. The molecule has 1 atom stereocenters. The molecule has 3 rings (SSSR count). The standard InChI is InChI=1S/C26H32Cl2FN3O4S/c1-18(26(34)30-20-7-3-4-8-20)31(17-22-23(27)9-5-10-24(22)28)25(33)11-6-16-32(37(2,35)36)21-14-12-19(29)13-15-21/h5,9-10,12-15,18,20H,3-4,6-8,11,16-17H2,1-2H3,(H,30,34)/t18-/m0/s1. The summed E-state index contributed by atoms with van der Waals surface area (Å²) in [5.74, 6) is -1.07. The molecule has 0 aliphatic heterocycles. The molecule has 0 unspecified atom stereocenters. The number of hydrogen-bond acceptors (Lipinski definition) is 4. The van der Waals surface area contributed by atoms with Gasteiger partial charge in [-0.1, -0.05) is 42.1 Å². The molecule has 0 heterocycles. The number of nitrogens with one attached hydrogen (secondary N) is 1. The first kappa shape index (κ1) is 29.2. The average molecular weight is 573 g/mol. The van der Waals surface area contributed by atoms with Gasteiger partial charge in [-0.2, -0.15) is 0 Å². The molecule has 0 spiro atoms. The second-order valence-electron chi connectivity index (χ2n) is 9.30. The maximum atomic E-state index is 13.4. The van der Waals surface area contributed by atoms with Crippen molar-refractivity contribution in [2.24, 2.45) is 0 Å². The van der Waals surface area contributed by atoms with E-state index >= 15 is 0 Å². The first-order valence-electron chi connectivity index (χ1n) is 12.2. The van der Waals surface area contributed by atoms with Crippen LogP contribution in [0.1, 0.15) is 51.0 Å². The number of carbonyl (C=O) groups excluding carboxylic acids is 2. The molecule has 2 amide bonds. The first-order chi connectivity index (χ1) is 17.5. The zero-order valence-electron chi connectivity index (χ0n) is 20.9. The van der Waals surface area contributed by atoms with Gasteiger partial charge >= 0.3 is 0 Å². The SMILES string of the molecule is C[C@@H](C(=O)NC1CCCC1)N(Cc1c(Cl)cccc1Cl)C(=O)CCCN(c1ccc(F)cc1)S(C)(=O)=O. The maximum absolute atomic E-state index is 13.4. The second kappa shape index (κ2) is 12.9. The van der Waals surface area contributed by atoms with E-state index in [4.69, 9.17) is 23.2 Å². The van der Waals surface area contributed by atoms with Crippen molar-refractivity contribution in [2.75, 3.05) is 17.1 Å². The van der Waals surface area contributed by atoms with Crippen molar-refractivity contribution in [2.45, 2.75) is 64.1 Å². The number of carbonyl (C=O) groups is 2. The van der Waals surface area contributed by atoms with E-state index in [1.165, 1.54) is 29.2 Å². The van der Waals surface area contributed by atoms with E-state index in [0.29, 0.717) is 21.3 Å². The Balaban J connectivity index is 1.75. The normalized spacial score (nSPS) is 14.8. The summed E-state index contributed by atoms with van der Waals surface area (Å²) in [6, 6.07) is 9.45. The molecule has 11 heteroatoms. The second-order valence-corrected chi connectivity index (χ2v) is 12.0. The molecule has 0 aromatic heterocycles. The van der Waals surface area contributed by atoms with Crippen molar-refractivity contribution in [1.29, 1.82) is 0 Å². The topological polar surface area (TPSA) is 86.8 Å². The summed E-state index contributed by atoms with van der Waals surface area (Å²) >= 11 is 12.7. The highest BCUT2D eigenvalue weighted by Crippen LogP contribution is 2.27. The summed E-state index contributed by atoms with van der Waals surface area (Å²) in [5.41, 5.74) is 0.837. The molecular formula is C26H32Cl2FN3O4S. The molecule has 1 fully saturated rings. The molecule has 0 saturated heterocycles. The fourth-order valence-electron chi connectivity index (χ4n) is 4.44. The van der Waals surface area contributed by atoms with Crippen LogP contribution in [0.25, 0.3) is 0 Å². The summed E-state index contributed by atoms with van der Waals surface area (Å²) in [4.78, 5) is 27.9. The molecule has 1 saturated carbocycles. The number of hydrogen-bond donors (Lipinski definition) is 1. The molecule has 1 aliphatic rings. The molecule has 2 aromatic rings. The molecule has 0 bridgehead atoms. The lowest BCUT2D eigenvalue weighted by molar-refractivity contribution is -0.140. The van der Waals surface area contributed by atoms with Crippen LogP contribution < -0.4 is 9.62 Å². The number of amides is 2. The van der Waals surface area contributed by atoms with Gasteiger partial charge in [0.05, 0.1) is 11.9 Å². The van der Waals surface area contributed by atoms with Gasteiger partial charge < -0.3 is 10.2 Å². The lowest BCUT2D eigenvalue weighted by Gasteiger charge is -2.30. The number of anilines is 1. The van der Waals surface area contributed by atoms with Crippen molar-refractivity contribution in [3.05, 3.63) is 63.9 Å². The Hall–Kier alpha value is -2.36. The zero-order valence-corrected chi connectivity index (χ0v) is 23.3. The van der Waals surface area contributed by atoms with Crippen molar-refractivity contribution >= 4 is 50.7 Å².